The van der Waals surface area contributed by atoms with Crippen molar-refractivity contribution in [2.45, 2.75) is 48.0 Å². The van der Waals surface area contributed by atoms with E-state index in [9.17, 15) is 10.1 Å². The number of nitrogens with zero attached hydrogens (tertiary/aromatic N) is 3. The largest absolute Gasteiger partial charge is 0.443 e. The fraction of sp³-hybridized carbons (Fsp3) is 0.292. The van der Waals surface area contributed by atoms with Crippen LogP contribution in [0.5, 0.6) is 0 Å². The molecule has 3 aromatic rings. The van der Waals surface area contributed by atoms with Gasteiger partial charge in [-0.25, -0.2) is 5.43 Å². The third-order valence-electron chi connectivity index (χ3n) is 5.48. The van der Waals surface area contributed by atoms with Crippen LogP contribution in [-0.4, -0.2) is 16.7 Å². The highest BCUT2D eigenvalue weighted by atomic mass is 16.4. The average Bonchev–Trinajstić information content (AvgIpc) is 3.13. The predicted molar refractivity (Wildman–Crippen MR) is 117 cm³/mol. The van der Waals surface area contributed by atoms with Crippen LogP contribution in [0.1, 0.15) is 50.5 Å². The van der Waals surface area contributed by atoms with E-state index < -0.39 is 0 Å². The molecule has 1 N–H and O–H groups in total. The number of rotatable bonds is 5. The summed E-state index contributed by atoms with van der Waals surface area (Å²) >= 11 is 0. The third kappa shape index (κ3) is 4.06. The van der Waals surface area contributed by atoms with Crippen LogP contribution in [0.3, 0.4) is 0 Å². The molecule has 30 heavy (non-hydrogen) atoms. The SMILES string of the molecule is Cc1ccc(CC(=O)N/N=C\c2cc(C)n(-c3oc(C)c(C)c3C#N)c2C)cc1C. The number of hydrazone groups is 1. The first-order chi connectivity index (χ1) is 14.2. The molecule has 2 aromatic heterocycles. The Hall–Kier alpha value is -3.59. The molecule has 0 saturated heterocycles. The Labute approximate surface area is 176 Å². The van der Waals surface area contributed by atoms with Crippen LogP contribution >= 0.6 is 0 Å². The zero-order chi connectivity index (χ0) is 22.0. The monoisotopic (exact) mass is 402 g/mol. The topological polar surface area (TPSA) is 83.3 Å². The number of aromatic nitrogens is 1. The Morgan fingerprint density at radius 2 is 1.90 bits per heavy atom. The summed E-state index contributed by atoms with van der Waals surface area (Å²) in [6, 6.07) is 10.2. The quantitative estimate of drug-likeness (QED) is 0.504. The molecule has 1 aromatic carbocycles. The van der Waals surface area contributed by atoms with Gasteiger partial charge in [0.05, 0.1) is 12.6 Å². The highest BCUT2D eigenvalue weighted by Crippen LogP contribution is 2.28. The van der Waals surface area contributed by atoms with Gasteiger partial charge in [-0.1, -0.05) is 18.2 Å². The highest BCUT2D eigenvalue weighted by Gasteiger charge is 2.20. The summed E-state index contributed by atoms with van der Waals surface area (Å²) in [5.74, 6) is 1.07. The van der Waals surface area contributed by atoms with Crippen LogP contribution in [0.2, 0.25) is 0 Å². The Morgan fingerprint density at radius 3 is 2.57 bits per heavy atom. The number of hydrogen-bond donors (Lipinski definition) is 1. The lowest BCUT2D eigenvalue weighted by Gasteiger charge is -2.06. The van der Waals surface area contributed by atoms with Crippen molar-refractivity contribution in [3.05, 3.63) is 74.8 Å². The molecular weight excluding hydrogens is 376 g/mol. The van der Waals surface area contributed by atoms with E-state index >= 15 is 0 Å². The number of carbonyl (C=O) groups excluding carboxylic acids is 1. The number of carbonyl (C=O) groups is 1. The normalized spacial score (nSPS) is 11.1. The smallest absolute Gasteiger partial charge is 0.244 e. The lowest BCUT2D eigenvalue weighted by Crippen LogP contribution is -2.19. The van der Waals surface area contributed by atoms with Crippen molar-refractivity contribution in [1.82, 2.24) is 9.99 Å². The second-order valence-corrected chi connectivity index (χ2v) is 7.63. The second kappa shape index (κ2) is 8.42. The average molecular weight is 402 g/mol. The number of furan rings is 1. The molecule has 0 unspecified atom stereocenters. The Kier molecular flexibility index (Phi) is 5.93. The van der Waals surface area contributed by atoms with Gasteiger partial charge in [0.25, 0.3) is 0 Å². The minimum atomic E-state index is -0.174. The predicted octanol–water partition coefficient (Wildman–Crippen LogP) is 4.49. The molecule has 0 fully saturated rings. The Bertz CT molecular complexity index is 1190. The van der Waals surface area contributed by atoms with Crippen LogP contribution < -0.4 is 5.43 Å². The number of hydrogen-bond acceptors (Lipinski definition) is 4. The van der Waals surface area contributed by atoms with Crippen LogP contribution in [0.15, 0.2) is 33.8 Å². The number of nitrogens with one attached hydrogen (secondary N) is 1. The van der Waals surface area contributed by atoms with Gasteiger partial charge in [-0.15, -0.1) is 0 Å². The fourth-order valence-corrected chi connectivity index (χ4v) is 3.44. The fourth-order valence-electron chi connectivity index (χ4n) is 3.44. The van der Waals surface area contributed by atoms with Gasteiger partial charge in [0.15, 0.2) is 0 Å². The van der Waals surface area contributed by atoms with Crippen LogP contribution in [0.4, 0.5) is 0 Å². The minimum Gasteiger partial charge on any atom is -0.443 e. The van der Waals surface area contributed by atoms with Crippen molar-refractivity contribution in [3.8, 4) is 12.0 Å². The molecule has 0 atom stereocenters. The maximum atomic E-state index is 12.2. The standard InChI is InChI=1S/C24H26N4O2/c1-14-7-8-20(9-15(14)2)11-23(29)27-26-13-21-10-16(3)28(18(21)5)24-22(12-25)17(4)19(6)30-24/h7-10,13H,11H2,1-6H3,(H,27,29)/b26-13-. The molecule has 0 spiro atoms. The maximum absolute atomic E-state index is 12.2. The Morgan fingerprint density at radius 1 is 1.17 bits per heavy atom. The zero-order valence-corrected chi connectivity index (χ0v) is 18.3. The number of nitriles is 1. The molecule has 0 saturated carbocycles. The van der Waals surface area contributed by atoms with Gasteiger partial charge in [0.1, 0.15) is 17.4 Å². The van der Waals surface area contributed by atoms with Gasteiger partial charge in [-0.05, 0) is 64.3 Å². The van der Waals surface area contributed by atoms with E-state index in [1.165, 1.54) is 5.56 Å². The maximum Gasteiger partial charge on any atom is 0.244 e. The summed E-state index contributed by atoms with van der Waals surface area (Å²) in [7, 11) is 0. The first-order valence-electron chi connectivity index (χ1n) is 9.80. The van der Waals surface area contributed by atoms with Crippen molar-refractivity contribution in [3.63, 3.8) is 0 Å². The molecule has 3 rings (SSSR count). The molecule has 0 aliphatic carbocycles. The van der Waals surface area contributed by atoms with Crippen molar-refractivity contribution in [2.24, 2.45) is 5.10 Å². The molecule has 0 bridgehead atoms. The zero-order valence-electron chi connectivity index (χ0n) is 18.3. The first-order valence-corrected chi connectivity index (χ1v) is 9.80. The third-order valence-corrected chi connectivity index (χ3v) is 5.48. The molecule has 0 aliphatic heterocycles. The lowest BCUT2D eigenvalue weighted by atomic mass is 10.0. The summed E-state index contributed by atoms with van der Waals surface area (Å²) < 4.78 is 7.75. The molecule has 0 aliphatic rings. The van der Waals surface area contributed by atoms with Crippen molar-refractivity contribution < 1.29 is 9.21 Å². The van der Waals surface area contributed by atoms with Gasteiger partial charge in [-0.3, -0.25) is 9.36 Å². The van der Waals surface area contributed by atoms with Gasteiger partial charge >= 0.3 is 0 Å². The summed E-state index contributed by atoms with van der Waals surface area (Å²) in [6.07, 6.45) is 1.89. The van der Waals surface area contributed by atoms with E-state index in [4.69, 9.17) is 4.42 Å². The van der Waals surface area contributed by atoms with Gasteiger partial charge in [-0.2, -0.15) is 10.4 Å². The Balaban J connectivity index is 1.76. The molecular formula is C24H26N4O2. The van der Waals surface area contributed by atoms with Crippen LogP contribution in [0.25, 0.3) is 5.88 Å². The molecule has 1 amide bonds. The van der Waals surface area contributed by atoms with E-state index in [0.717, 1.165) is 39.4 Å². The van der Waals surface area contributed by atoms with Crippen molar-refractivity contribution in [2.75, 3.05) is 0 Å². The summed E-state index contributed by atoms with van der Waals surface area (Å²) in [6.45, 7) is 11.7. The molecule has 2 heterocycles. The van der Waals surface area contributed by atoms with E-state index in [1.54, 1.807) is 6.21 Å². The van der Waals surface area contributed by atoms with E-state index in [1.807, 2.05) is 70.4 Å². The first kappa shape index (κ1) is 21.1. The number of amides is 1. The molecule has 0 radical (unpaired) electrons. The van der Waals surface area contributed by atoms with Gasteiger partial charge in [0, 0.05) is 22.5 Å². The summed E-state index contributed by atoms with van der Waals surface area (Å²) in [5.41, 5.74) is 9.92. The molecule has 154 valence electrons. The van der Waals surface area contributed by atoms with Gasteiger partial charge < -0.3 is 4.42 Å². The number of benzene rings is 1. The minimum absolute atomic E-state index is 0.174. The van der Waals surface area contributed by atoms with Crippen molar-refractivity contribution in [1.29, 1.82) is 5.26 Å². The van der Waals surface area contributed by atoms with E-state index in [0.29, 0.717) is 11.4 Å². The summed E-state index contributed by atoms with van der Waals surface area (Å²) in [4.78, 5) is 12.2. The van der Waals surface area contributed by atoms with Crippen molar-refractivity contribution >= 4 is 12.1 Å². The second-order valence-electron chi connectivity index (χ2n) is 7.63. The van der Waals surface area contributed by atoms with Crippen LogP contribution in [-0.2, 0) is 11.2 Å². The number of aryl methyl sites for hydroxylation is 4. The van der Waals surface area contributed by atoms with E-state index in [-0.39, 0.29) is 12.3 Å². The van der Waals surface area contributed by atoms with Crippen LogP contribution in [0, 0.1) is 52.9 Å². The summed E-state index contributed by atoms with van der Waals surface area (Å²) in [5, 5.41) is 13.6. The van der Waals surface area contributed by atoms with E-state index in [2.05, 4.69) is 16.6 Å². The lowest BCUT2D eigenvalue weighted by molar-refractivity contribution is -0.120. The highest BCUT2D eigenvalue weighted by molar-refractivity contribution is 5.85. The molecule has 6 nitrogen and oxygen atoms in total. The van der Waals surface area contributed by atoms with Gasteiger partial charge in [0.2, 0.25) is 11.8 Å². The molecule has 6 heteroatoms.